The van der Waals surface area contributed by atoms with Crippen molar-refractivity contribution in [1.29, 1.82) is 0 Å². The summed E-state index contributed by atoms with van der Waals surface area (Å²) in [5.74, 6) is -0.0922. The number of methoxy groups -OCH3 is 3. The van der Waals surface area contributed by atoms with Crippen LogP contribution in [-0.4, -0.2) is 54.8 Å². The van der Waals surface area contributed by atoms with Gasteiger partial charge in [0, 0.05) is 12.1 Å². The van der Waals surface area contributed by atoms with E-state index in [1.165, 1.54) is 21.3 Å². The second-order valence-corrected chi connectivity index (χ2v) is 5.09. The van der Waals surface area contributed by atoms with Crippen molar-refractivity contribution in [3.8, 4) is 17.2 Å². The normalized spacial score (nSPS) is 10.1. The fraction of sp³-hybridized carbons (Fsp3) is 0.294. The summed E-state index contributed by atoms with van der Waals surface area (Å²) in [5.41, 5.74) is 0.642. The van der Waals surface area contributed by atoms with Crippen LogP contribution in [0.25, 0.3) is 0 Å². The fourth-order valence-corrected chi connectivity index (χ4v) is 2.32. The number of carbonyl (C=O) groups is 2. The Morgan fingerprint density at radius 1 is 1.00 bits per heavy atom. The molecule has 2 rings (SSSR count). The highest BCUT2D eigenvalue weighted by atomic mass is 16.5. The zero-order valence-electron chi connectivity index (χ0n) is 14.6. The van der Waals surface area contributed by atoms with Crippen LogP contribution in [0.3, 0.4) is 0 Å². The molecule has 9 nitrogen and oxygen atoms in total. The van der Waals surface area contributed by atoms with E-state index in [2.05, 4.69) is 15.3 Å². The molecular weight excluding hydrogens is 342 g/mol. The summed E-state index contributed by atoms with van der Waals surface area (Å²) in [6.07, 6.45) is 2.64. The molecule has 0 spiro atoms. The summed E-state index contributed by atoms with van der Waals surface area (Å²) in [5, 5.41) is 11.5. The molecule has 2 N–H and O–H groups in total. The first kappa shape index (κ1) is 19.0. The molecule has 1 heterocycles. The van der Waals surface area contributed by atoms with Gasteiger partial charge in [0.15, 0.2) is 17.2 Å². The van der Waals surface area contributed by atoms with E-state index in [4.69, 9.17) is 19.3 Å². The van der Waals surface area contributed by atoms with Crippen molar-refractivity contribution in [2.75, 3.05) is 27.9 Å². The minimum atomic E-state index is -1.20. The second-order valence-electron chi connectivity index (χ2n) is 5.09. The molecule has 1 amide bonds. The Bertz CT molecular complexity index is 792. The zero-order valence-corrected chi connectivity index (χ0v) is 14.6. The van der Waals surface area contributed by atoms with Gasteiger partial charge in [0.2, 0.25) is 5.75 Å². The summed E-state index contributed by atoms with van der Waals surface area (Å²) >= 11 is 0. The van der Waals surface area contributed by atoms with Crippen LogP contribution >= 0.6 is 0 Å². The van der Waals surface area contributed by atoms with Crippen molar-refractivity contribution < 1.29 is 28.9 Å². The van der Waals surface area contributed by atoms with Crippen molar-refractivity contribution in [1.82, 2.24) is 15.3 Å². The predicted molar refractivity (Wildman–Crippen MR) is 91.1 cm³/mol. The largest absolute Gasteiger partial charge is 0.493 e. The van der Waals surface area contributed by atoms with Gasteiger partial charge in [-0.1, -0.05) is 6.07 Å². The minimum Gasteiger partial charge on any atom is -0.493 e. The lowest BCUT2D eigenvalue weighted by Gasteiger charge is -2.15. The highest BCUT2D eigenvalue weighted by molar-refractivity contribution is 5.92. The van der Waals surface area contributed by atoms with Crippen LogP contribution in [0.4, 0.5) is 0 Å². The van der Waals surface area contributed by atoms with E-state index in [1.54, 1.807) is 6.07 Å². The molecule has 0 atom stereocenters. The van der Waals surface area contributed by atoms with Gasteiger partial charge >= 0.3 is 5.97 Å². The Kier molecular flexibility index (Phi) is 6.31. The molecule has 0 fully saturated rings. The highest BCUT2D eigenvalue weighted by Gasteiger charge is 2.16. The summed E-state index contributed by atoms with van der Waals surface area (Å²) in [4.78, 5) is 30.2. The van der Waals surface area contributed by atoms with E-state index in [0.717, 1.165) is 18.0 Å². The van der Waals surface area contributed by atoms with E-state index in [-0.39, 0.29) is 11.4 Å². The lowest BCUT2D eigenvalue weighted by molar-refractivity contribution is 0.0689. The molecule has 1 aromatic heterocycles. The van der Waals surface area contributed by atoms with Crippen LogP contribution in [0.1, 0.15) is 26.5 Å². The van der Waals surface area contributed by atoms with E-state index in [1.807, 2.05) is 6.07 Å². The summed E-state index contributed by atoms with van der Waals surface area (Å²) in [6.45, 7) is 0.313. The maximum absolute atomic E-state index is 12.1. The van der Waals surface area contributed by atoms with Crippen LogP contribution < -0.4 is 19.5 Å². The summed E-state index contributed by atoms with van der Waals surface area (Å²) < 4.78 is 15.9. The lowest BCUT2D eigenvalue weighted by atomic mass is 10.1. The average Bonchev–Trinajstić information content (AvgIpc) is 2.67. The summed E-state index contributed by atoms with van der Waals surface area (Å²) in [6, 6.07) is 3.59. The molecule has 0 aliphatic rings. The maximum atomic E-state index is 12.1. The number of aromatic nitrogens is 2. The van der Waals surface area contributed by atoms with E-state index in [0.29, 0.717) is 30.2 Å². The molecular formula is C17H19N3O6. The van der Waals surface area contributed by atoms with Crippen LogP contribution in [0.15, 0.2) is 24.5 Å². The van der Waals surface area contributed by atoms with Gasteiger partial charge < -0.3 is 24.6 Å². The first-order valence-electron chi connectivity index (χ1n) is 7.63. The van der Waals surface area contributed by atoms with Gasteiger partial charge in [0.25, 0.3) is 5.91 Å². The Labute approximate surface area is 149 Å². The van der Waals surface area contributed by atoms with Crippen molar-refractivity contribution in [2.24, 2.45) is 0 Å². The SMILES string of the molecule is COc1ccc(CCNC(=O)c2cnc(C(=O)O)cn2)c(OC)c1OC. The number of carboxylic acids is 1. The quantitative estimate of drug-likeness (QED) is 0.719. The molecule has 0 saturated heterocycles. The molecule has 26 heavy (non-hydrogen) atoms. The van der Waals surface area contributed by atoms with Crippen molar-refractivity contribution >= 4 is 11.9 Å². The number of ether oxygens (including phenoxy) is 3. The number of hydrogen-bond acceptors (Lipinski definition) is 7. The Morgan fingerprint density at radius 3 is 2.19 bits per heavy atom. The van der Waals surface area contributed by atoms with Gasteiger partial charge in [-0.15, -0.1) is 0 Å². The lowest BCUT2D eigenvalue weighted by Crippen LogP contribution is -2.27. The van der Waals surface area contributed by atoms with Crippen molar-refractivity contribution in [3.63, 3.8) is 0 Å². The monoisotopic (exact) mass is 361 g/mol. The van der Waals surface area contributed by atoms with Gasteiger partial charge in [0.1, 0.15) is 5.69 Å². The molecule has 9 heteroatoms. The van der Waals surface area contributed by atoms with Gasteiger partial charge in [-0.05, 0) is 12.5 Å². The van der Waals surface area contributed by atoms with Crippen LogP contribution in [0.2, 0.25) is 0 Å². The third-order valence-corrected chi connectivity index (χ3v) is 3.57. The maximum Gasteiger partial charge on any atom is 0.356 e. The smallest absolute Gasteiger partial charge is 0.356 e. The number of carbonyl (C=O) groups excluding carboxylic acids is 1. The zero-order chi connectivity index (χ0) is 19.1. The predicted octanol–water partition coefficient (Wildman–Crippen LogP) is 1.17. The molecule has 2 aromatic rings. The molecule has 0 radical (unpaired) electrons. The summed E-state index contributed by atoms with van der Waals surface area (Å²) in [7, 11) is 4.58. The standard InChI is InChI=1S/C17H19N3O6/c1-24-13-5-4-10(14(25-2)15(13)26-3)6-7-18-16(21)11-8-20-12(9-19-11)17(22)23/h4-5,8-9H,6-7H2,1-3H3,(H,18,21)(H,22,23). The van der Waals surface area contributed by atoms with Gasteiger partial charge in [-0.3, -0.25) is 4.79 Å². The fourth-order valence-electron chi connectivity index (χ4n) is 2.32. The van der Waals surface area contributed by atoms with E-state index < -0.39 is 11.9 Å². The first-order valence-corrected chi connectivity index (χ1v) is 7.63. The Balaban J connectivity index is 2.03. The molecule has 0 saturated carbocycles. The van der Waals surface area contributed by atoms with Gasteiger partial charge in [-0.2, -0.15) is 0 Å². The van der Waals surface area contributed by atoms with Crippen molar-refractivity contribution in [2.45, 2.75) is 6.42 Å². The first-order chi connectivity index (χ1) is 12.5. The van der Waals surface area contributed by atoms with E-state index >= 15 is 0 Å². The Hall–Kier alpha value is -3.36. The Morgan fingerprint density at radius 2 is 1.65 bits per heavy atom. The molecule has 0 unspecified atom stereocenters. The highest BCUT2D eigenvalue weighted by Crippen LogP contribution is 2.39. The van der Waals surface area contributed by atoms with Crippen LogP contribution in [0, 0.1) is 0 Å². The number of amides is 1. The van der Waals surface area contributed by atoms with Gasteiger partial charge in [0.05, 0.1) is 33.7 Å². The minimum absolute atomic E-state index is 0.0364. The molecule has 0 bridgehead atoms. The molecule has 0 aliphatic carbocycles. The number of nitrogens with zero attached hydrogens (tertiary/aromatic N) is 2. The van der Waals surface area contributed by atoms with Gasteiger partial charge in [-0.25, -0.2) is 14.8 Å². The topological polar surface area (TPSA) is 120 Å². The molecule has 1 aromatic carbocycles. The number of carboxylic acid groups (broad SMARTS) is 1. The third-order valence-electron chi connectivity index (χ3n) is 3.57. The van der Waals surface area contributed by atoms with Crippen molar-refractivity contribution in [3.05, 3.63) is 41.5 Å². The molecule has 138 valence electrons. The number of hydrogen-bond donors (Lipinski definition) is 2. The number of nitrogens with one attached hydrogen (secondary N) is 1. The van der Waals surface area contributed by atoms with Crippen LogP contribution in [-0.2, 0) is 6.42 Å². The van der Waals surface area contributed by atoms with E-state index in [9.17, 15) is 9.59 Å². The number of aromatic carboxylic acids is 1. The molecule has 0 aliphatic heterocycles. The second kappa shape index (κ2) is 8.65. The number of rotatable bonds is 8. The van der Waals surface area contributed by atoms with Crippen LogP contribution in [0.5, 0.6) is 17.2 Å². The average molecular weight is 361 g/mol. The number of benzene rings is 1. The third kappa shape index (κ3) is 4.18.